The van der Waals surface area contributed by atoms with Crippen LogP contribution < -0.4 is 19.5 Å². The Hall–Kier alpha value is -3.69. The van der Waals surface area contributed by atoms with Gasteiger partial charge in [-0.05, 0) is 43.2 Å². The van der Waals surface area contributed by atoms with Gasteiger partial charge in [-0.15, -0.1) is 0 Å². The molecular weight excluding hydrogens is 456 g/mol. The number of Topliss-reactive ketones (excluding diaryl/α,β-unsaturated/α-hetero) is 1. The molecule has 0 saturated heterocycles. The molecule has 1 atom stereocenters. The molecule has 8 nitrogen and oxygen atoms in total. The van der Waals surface area contributed by atoms with Crippen LogP contribution >= 0.6 is 0 Å². The summed E-state index contributed by atoms with van der Waals surface area (Å²) in [5.41, 5.74) is 1.60. The highest BCUT2D eigenvalue weighted by molar-refractivity contribution is 7.89. The normalized spacial score (nSPS) is 12.0. The zero-order valence-corrected chi connectivity index (χ0v) is 19.9. The summed E-state index contributed by atoms with van der Waals surface area (Å²) in [6.07, 6.45) is 0.117. The second-order valence-electron chi connectivity index (χ2n) is 7.51. The first-order valence-corrected chi connectivity index (χ1v) is 11.9. The fourth-order valence-electron chi connectivity index (χ4n) is 3.32. The highest BCUT2D eigenvalue weighted by atomic mass is 32.2. The van der Waals surface area contributed by atoms with E-state index in [-0.39, 0.29) is 22.8 Å². The van der Waals surface area contributed by atoms with Gasteiger partial charge in [0.1, 0.15) is 6.04 Å². The number of ketones is 1. The number of ether oxygens (including phenoxy) is 2. The molecular formula is C25H26N2O6S. The number of methoxy groups -OCH3 is 2. The molecule has 0 unspecified atom stereocenters. The van der Waals surface area contributed by atoms with E-state index in [9.17, 15) is 18.0 Å². The van der Waals surface area contributed by atoms with Crippen molar-refractivity contribution in [1.82, 2.24) is 4.72 Å². The van der Waals surface area contributed by atoms with E-state index < -0.39 is 22.0 Å². The number of carbonyl (C=O) groups excluding carboxylic acids is 2. The molecule has 3 aromatic carbocycles. The smallest absolute Gasteiger partial charge is 0.242 e. The maximum absolute atomic E-state index is 13.2. The molecule has 2 N–H and O–H groups in total. The third kappa shape index (κ3) is 6.21. The average Bonchev–Trinajstić information content (AvgIpc) is 2.83. The molecule has 3 aromatic rings. The van der Waals surface area contributed by atoms with Crippen LogP contribution in [-0.4, -0.2) is 40.4 Å². The SMILES string of the molecule is COc1ccc(S(=O)(=O)N[C@H](Cc2ccccc2)C(=O)Nc2cccc(C(C)=O)c2)cc1OC. The third-order valence-electron chi connectivity index (χ3n) is 5.10. The van der Waals surface area contributed by atoms with Crippen molar-refractivity contribution in [1.29, 1.82) is 0 Å². The van der Waals surface area contributed by atoms with Crippen LogP contribution in [0.4, 0.5) is 5.69 Å². The minimum Gasteiger partial charge on any atom is -0.493 e. The zero-order chi connectivity index (χ0) is 24.7. The molecule has 1 amide bonds. The summed E-state index contributed by atoms with van der Waals surface area (Å²) in [6.45, 7) is 1.43. The second kappa shape index (κ2) is 11.0. The average molecular weight is 483 g/mol. The van der Waals surface area contributed by atoms with Gasteiger partial charge < -0.3 is 14.8 Å². The quantitative estimate of drug-likeness (QED) is 0.429. The summed E-state index contributed by atoms with van der Waals surface area (Å²) in [4.78, 5) is 24.8. The lowest BCUT2D eigenvalue weighted by Gasteiger charge is -2.19. The molecule has 0 radical (unpaired) electrons. The second-order valence-corrected chi connectivity index (χ2v) is 9.22. The minimum atomic E-state index is -4.10. The first-order chi connectivity index (χ1) is 16.2. The monoisotopic (exact) mass is 482 g/mol. The Morgan fingerprint density at radius 3 is 2.24 bits per heavy atom. The maximum atomic E-state index is 13.2. The summed E-state index contributed by atoms with van der Waals surface area (Å²) >= 11 is 0. The highest BCUT2D eigenvalue weighted by Gasteiger charge is 2.27. The molecule has 0 fully saturated rings. The number of sulfonamides is 1. The first-order valence-electron chi connectivity index (χ1n) is 10.4. The molecule has 0 aliphatic heterocycles. The van der Waals surface area contributed by atoms with Gasteiger partial charge in [-0.1, -0.05) is 42.5 Å². The number of rotatable bonds is 10. The van der Waals surface area contributed by atoms with E-state index in [1.807, 2.05) is 18.2 Å². The van der Waals surface area contributed by atoms with Gasteiger partial charge in [0.15, 0.2) is 17.3 Å². The van der Waals surface area contributed by atoms with Crippen molar-refractivity contribution in [3.05, 3.63) is 83.9 Å². The van der Waals surface area contributed by atoms with Crippen LogP contribution in [0.3, 0.4) is 0 Å². The molecule has 34 heavy (non-hydrogen) atoms. The number of hydrogen-bond acceptors (Lipinski definition) is 6. The molecule has 0 heterocycles. The van der Waals surface area contributed by atoms with Crippen molar-refractivity contribution in [2.75, 3.05) is 19.5 Å². The van der Waals surface area contributed by atoms with Crippen molar-refractivity contribution >= 4 is 27.4 Å². The van der Waals surface area contributed by atoms with Gasteiger partial charge >= 0.3 is 0 Å². The summed E-state index contributed by atoms with van der Waals surface area (Å²) in [5, 5.41) is 2.71. The van der Waals surface area contributed by atoms with Crippen LogP contribution in [0.5, 0.6) is 11.5 Å². The summed E-state index contributed by atoms with van der Waals surface area (Å²) in [5.74, 6) is -0.0828. The van der Waals surface area contributed by atoms with Gasteiger partial charge in [0.25, 0.3) is 0 Å². The largest absolute Gasteiger partial charge is 0.493 e. The molecule has 9 heteroatoms. The van der Waals surface area contributed by atoms with Gasteiger partial charge in [0, 0.05) is 17.3 Å². The molecule has 178 valence electrons. The van der Waals surface area contributed by atoms with Gasteiger partial charge in [-0.25, -0.2) is 8.42 Å². The molecule has 0 aliphatic carbocycles. The Balaban J connectivity index is 1.90. The number of nitrogens with one attached hydrogen (secondary N) is 2. The van der Waals surface area contributed by atoms with E-state index >= 15 is 0 Å². The fraction of sp³-hybridized carbons (Fsp3) is 0.200. The first kappa shape index (κ1) is 24.9. The predicted octanol–water partition coefficient (Wildman–Crippen LogP) is 3.43. The van der Waals surface area contributed by atoms with Crippen LogP contribution in [0.15, 0.2) is 77.7 Å². The van der Waals surface area contributed by atoms with E-state index in [4.69, 9.17) is 9.47 Å². The summed E-state index contributed by atoms with van der Waals surface area (Å²) in [6, 6.07) is 18.6. The Labute approximate surface area is 199 Å². The Bertz CT molecular complexity index is 1280. The minimum absolute atomic E-state index is 0.0745. The maximum Gasteiger partial charge on any atom is 0.242 e. The topological polar surface area (TPSA) is 111 Å². The van der Waals surface area contributed by atoms with Crippen LogP contribution in [0.1, 0.15) is 22.8 Å². The predicted molar refractivity (Wildman–Crippen MR) is 129 cm³/mol. The van der Waals surface area contributed by atoms with Gasteiger partial charge in [0.2, 0.25) is 15.9 Å². The molecule has 0 aromatic heterocycles. The van der Waals surface area contributed by atoms with E-state index in [1.165, 1.54) is 39.3 Å². The molecule has 0 bridgehead atoms. The number of hydrogen-bond donors (Lipinski definition) is 2. The standard InChI is InChI=1S/C25H26N2O6S/c1-17(28)19-10-7-11-20(15-19)26-25(29)22(14-18-8-5-4-6-9-18)27-34(30,31)21-12-13-23(32-2)24(16-21)33-3/h4-13,15-16,22,27H,14H2,1-3H3,(H,26,29)/t22-/m1/s1. The van der Waals surface area contributed by atoms with Gasteiger partial charge in [-0.3, -0.25) is 9.59 Å². The van der Waals surface area contributed by atoms with E-state index in [1.54, 1.807) is 36.4 Å². The van der Waals surface area contributed by atoms with Crippen molar-refractivity contribution in [2.45, 2.75) is 24.3 Å². The molecule has 0 saturated carbocycles. The Kier molecular flexibility index (Phi) is 8.04. The number of anilines is 1. The van der Waals surface area contributed by atoms with Crippen molar-refractivity contribution in [3.63, 3.8) is 0 Å². The molecule has 0 spiro atoms. The van der Waals surface area contributed by atoms with Crippen LogP contribution in [0.25, 0.3) is 0 Å². The van der Waals surface area contributed by atoms with Crippen LogP contribution in [0, 0.1) is 0 Å². The summed E-state index contributed by atoms with van der Waals surface area (Å²) in [7, 11) is -1.24. The van der Waals surface area contributed by atoms with Crippen molar-refractivity contribution in [2.24, 2.45) is 0 Å². The fourth-order valence-corrected chi connectivity index (χ4v) is 4.53. The van der Waals surface area contributed by atoms with Crippen molar-refractivity contribution in [3.8, 4) is 11.5 Å². The van der Waals surface area contributed by atoms with Crippen molar-refractivity contribution < 1.29 is 27.5 Å². The number of carbonyl (C=O) groups is 2. The van der Waals surface area contributed by atoms with E-state index in [0.717, 1.165) is 5.56 Å². The summed E-state index contributed by atoms with van der Waals surface area (Å²) < 4.78 is 39.2. The van der Waals surface area contributed by atoms with Gasteiger partial charge in [-0.2, -0.15) is 4.72 Å². The van der Waals surface area contributed by atoms with E-state index in [0.29, 0.717) is 17.0 Å². The lowest BCUT2D eigenvalue weighted by Crippen LogP contribution is -2.45. The number of benzene rings is 3. The lowest BCUT2D eigenvalue weighted by atomic mass is 10.1. The zero-order valence-electron chi connectivity index (χ0n) is 19.1. The highest BCUT2D eigenvalue weighted by Crippen LogP contribution is 2.29. The Morgan fingerprint density at radius 1 is 0.882 bits per heavy atom. The molecule has 3 rings (SSSR count). The van der Waals surface area contributed by atoms with Crippen LogP contribution in [0.2, 0.25) is 0 Å². The number of amides is 1. The molecule has 0 aliphatic rings. The Morgan fingerprint density at radius 2 is 1.59 bits per heavy atom. The lowest BCUT2D eigenvalue weighted by molar-refractivity contribution is -0.117. The van der Waals surface area contributed by atoms with Crippen LogP contribution in [-0.2, 0) is 21.2 Å². The van der Waals surface area contributed by atoms with E-state index in [2.05, 4.69) is 10.0 Å². The van der Waals surface area contributed by atoms with Gasteiger partial charge in [0.05, 0.1) is 19.1 Å². The third-order valence-corrected chi connectivity index (χ3v) is 6.57.